The number of hydrogen-bond acceptors (Lipinski definition) is 0. The SMILES string of the molecule is CCc1[o+]c(CC)c(C)c(CC)c1C. The van der Waals surface area contributed by atoms with Crippen molar-refractivity contribution in [2.75, 3.05) is 0 Å². The minimum absolute atomic E-state index is 0.992. The summed E-state index contributed by atoms with van der Waals surface area (Å²) in [7, 11) is 0. The maximum Gasteiger partial charge on any atom is 0.332 e. The summed E-state index contributed by atoms with van der Waals surface area (Å²) in [6, 6.07) is 0. The monoisotopic (exact) mass is 193 g/mol. The van der Waals surface area contributed by atoms with Crippen LogP contribution in [0.1, 0.15) is 49.0 Å². The minimum Gasteiger partial charge on any atom is -0.217 e. The average Bonchev–Trinajstić information content (AvgIpc) is 2.19. The first-order chi connectivity index (χ1) is 6.65. The van der Waals surface area contributed by atoms with Gasteiger partial charge in [0, 0.05) is 0 Å². The zero-order valence-electron chi connectivity index (χ0n) is 10.0. The summed E-state index contributed by atoms with van der Waals surface area (Å²) in [5.74, 6) is 2.31. The predicted molar refractivity (Wildman–Crippen MR) is 60.7 cm³/mol. The van der Waals surface area contributed by atoms with Crippen molar-refractivity contribution in [2.24, 2.45) is 0 Å². The highest BCUT2D eigenvalue weighted by atomic mass is 16.3. The predicted octanol–water partition coefficient (Wildman–Crippen LogP) is 3.86. The second-order valence-electron chi connectivity index (χ2n) is 3.74. The molecular formula is C13H21O+. The van der Waals surface area contributed by atoms with E-state index in [4.69, 9.17) is 4.42 Å². The Labute approximate surface area is 87.2 Å². The van der Waals surface area contributed by atoms with Crippen molar-refractivity contribution >= 4 is 0 Å². The van der Waals surface area contributed by atoms with Crippen molar-refractivity contribution in [3.05, 3.63) is 28.2 Å². The van der Waals surface area contributed by atoms with E-state index in [-0.39, 0.29) is 0 Å². The fraction of sp³-hybridized carbons (Fsp3) is 0.615. The van der Waals surface area contributed by atoms with Crippen LogP contribution in [-0.2, 0) is 19.3 Å². The van der Waals surface area contributed by atoms with Crippen LogP contribution in [0.4, 0.5) is 0 Å². The molecule has 0 spiro atoms. The molecule has 1 aromatic rings. The molecule has 0 aliphatic carbocycles. The van der Waals surface area contributed by atoms with Gasteiger partial charge in [-0.1, -0.05) is 20.8 Å². The molecule has 0 aliphatic heterocycles. The largest absolute Gasteiger partial charge is 0.332 e. The van der Waals surface area contributed by atoms with E-state index in [1.54, 1.807) is 0 Å². The summed E-state index contributed by atoms with van der Waals surface area (Å²) in [6.45, 7) is 10.9. The number of rotatable bonds is 3. The van der Waals surface area contributed by atoms with Crippen molar-refractivity contribution in [2.45, 2.75) is 53.9 Å². The van der Waals surface area contributed by atoms with E-state index < -0.39 is 0 Å². The zero-order valence-corrected chi connectivity index (χ0v) is 10.0. The Hall–Kier alpha value is -0.850. The van der Waals surface area contributed by atoms with Crippen LogP contribution >= 0.6 is 0 Å². The van der Waals surface area contributed by atoms with Crippen LogP contribution in [0.3, 0.4) is 0 Å². The zero-order chi connectivity index (χ0) is 10.7. The van der Waals surface area contributed by atoms with E-state index in [1.165, 1.54) is 16.7 Å². The van der Waals surface area contributed by atoms with Crippen LogP contribution in [-0.4, -0.2) is 0 Å². The fourth-order valence-electron chi connectivity index (χ4n) is 2.12. The van der Waals surface area contributed by atoms with Gasteiger partial charge in [-0.2, -0.15) is 0 Å². The Morgan fingerprint density at radius 3 is 1.50 bits per heavy atom. The lowest BCUT2D eigenvalue weighted by Gasteiger charge is -2.05. The van der Waals surface area contributed by atoms with E-state index in [2.05, 4.69) is 34.6 Å². The molecule has 0 aromatic carbocycles. The maximum absolute atomic E-state index is 5.88. The highest BCUT2D eigenvalue weighted by molar-refractivity contribution is 5.36. The second kappa shape index (κ2) is 4.59. The summed E-state index contributed by atoms with van der Waals surface area (Å²) in [4.78, 5) is 0. The molecule has 0 saturated heterocycles. The van der Waals surface area contributed by atoms with Gasteiger partial charge in [0.2, 0.25) is 0 Å². The number of aryl methyl sites for hydroxylation is 2. The van der Waals surface area contributed by atoms with E-state index in [0.29, 0.717) is 0 Å². The van der Waals surface area contributed by atoms with Crippen LogP contribution in [0, 0.1) is 13.8 Å². The highest BCUT2D eigenvalue weighted by Gasteiger charge is 2.21. The Kier molecular flexibility index (Phi) is 3.68. The topological polar surface area (TPSA) is 11.3 Å². The van der Waals surface area contributed by atoms with Gasteiger partial charge in [-0.25, -0.2) is 4.42 Å². The molecule has 0 radical (unpaired) electrons. The highest BCUT2D eigenvalue weighted by Crippen LogP contribution is 2.23. The normalized spacial score (nSPS) is 10.6. The average molecular weight is 193 g/mol. The second-order valence-corrected chi connectivity index (χ2v) is 3.74. The van der Waals surface area contributed by atoms with Gasteiger partial charge in [0.15, 0.2) is 0 Å². The van der Waals surface area contributed by atoms with Gasteiger partial charge in [0.05, 0.1) is 24.0 Å². The van der Waals surface area contributed by atoms with Gasteiger partial charge >= 0.3 is 11.5 Å². The third-order valence-electron chi connectivity index (χ3n) is 2.98. The standard InChI is InChI=1S/C13H21O/c1-6-11-9(4)12(7-2)14-13(8-3)10(11)5/h6-8H2,1-5H3/q+1. The molecule has 78 valence electrons. The summed E-state index contributed by atoms with van der Waals surface area (Å²) >= 11 is 0. The van der Waals surface area contributed by atoms with Gasteiger partial charge in [0.25, 0.3) is 0 Å². The first-order valence-electron chi connectivity index (χ1n) is 5.59. The van der Waals surface area contributed by atoms with Crippen molar-refractivity contribution in [1.82, 2.24) is 0 Å². The molecule has 0 N–H and O–H groups in total. The molecule has 1 aromatic heterocycles. The molecule has 1 heteroatoms. The molecule has 0 aliphatic rings. The van der Waals surface area contributed by atoms with Crippen molar-refractivity contribution in [1.29, 1.82) is 0 Å². The molecule has 1 rings (SSSR count). The molecule has 0 atom stereocenters. The lowest BCUT2D eigenvalue weighted by atomic mass is 9.98. The minimum atomic E-state index is 0.992. The quantitative estimate of drug-likeness (QED) is 0.663. The molecule has 0 amide bonds. The van der Waals surface area contributed by atoms with Crippen LogP contribution in [0.25, 0.3) is 0 Å². The molecule has 0 unspecified atom stereocenters. The molecule has 14 heavy (non-hydrogen) atoms. The van der Waals surface area contributed by atoms with E-state index in [0.717, 1.165) is 30.8 Å². The van der Waals surface area contributed by atoms with E-state index in [1.807, 2.05) is 0 Å². The van der Waals surface area contributed by atoms with Gasteiger partial charge < -0.3 is 0 Å². The van der Waals surface area contributed by atoms with E-state index >= 15 is 0 Å². The molecule has 1 nitrogen and oxygen atoms in total. The lowest BCUT2D eigenvalue weighted by molar-refractivity contribution is 0.444. The van der Waals surface area contributed by atoms with Gasteiger partial charge in [0.1, 0.15) is 0 Å². The molecule has 0 saturated carbocycles. The maximum atomic E-state index is 5.88. The third-order valence-corrected chi connectivity index (χ3v) is 2.98. The first kappa shape index (κ1) is 11.2. The Bertz CT molecular complexity index is 298. The van der Waals surface area contributed by atoms with Crippen LogP contribution in [0.15, 0.2) is 4.42 Å². The molecular weight excluding hydrogens is 172 g/mol. The summed E-state index contributed by atoms with van der Waals surface area (Å²) in [5, 5.41) is 0. The van der Waals surface area contributed by atoms with Crippen molar-refractivity contribution in [3.63, 3.8) is 0 Å². The van der Waals surface area contributed by atoms with Gasteiger partial charge in [-0.05, 0) is 25.8 Å². The Morgan fingerprint density at radius 1 is 0.786 bits per heavy atom. The first-order valence-corrected chi connectivity index (χ1v) is 5.59. The van der Waals surface area contributed by atoms with Gasteiger partial charge in [-0.15, -0.1) is 0 Å². The van der Waals surface area contributed by atoms with Crippen molar-refractivity contribution < 1.29 is 4.42 Å². The van der Waals surface area contributed by atoms with Crippen LogP contribution in [0.2, 0.25) is 0 Å². The Morgan fingerprint density at radius 2 is 1.21 bits per heavy atom. The summed E-state index contributed by atoms with van der Waals surface area (Å²) in [6.07, 6.45) is 3.09. The third kappa shape index (κ3) is 1.82. The van der Waals surface area contributed by atoms with E-state index in [9.17, 15) is 0 Å². The Balaban J connectivity index is 3.39. The van der Waals surface area contributed by atoms with Crippen LogP contribution in [0.5, 0.6) is 0 Å². The number of hydrogen-bond donors (Lipinski definition) is 0. The fourth-order valence-corrected chi connectivity index (χ4v) is 2.12. The summed E-state index contributed by atoms with van der Waals surface area (Å²) in [5.41, 5.74) is 4.18. The van der Waals surface area contributed by atoms with Gasteiger partial charge in [-0.3, -0.25) is 0 Å². The smallest absolute Gasteiger partial charge is 0.217 e. The lowest BCUT2D eigenvalue weighted by Crippen LogP contribution is -2.01. The summed E-state index contributed by atoms with van der Waals surface area (Å²) < 4.78 is 5.88. The van der Waals surface area contributed by atoms with Crippen LogP contribution < -0.4 is 0 Å². The molecule has 0 fully saturated rings. The molecule has 1 heterocycles. The van der Waals surface area contributed by atoms with Crippen molar-refractivity contribution in [3.8, 4) is 0 Å². The molecule has 0 bridgehead atoms.